The molecule has 0 radical (unpaired) electrons. The van der Waals surface area contributed by atoms with Crippen molar-refractivity contribution in [2.75, 3.05) is 0 Å². The van der Waals surface area contributed by atoms with Crippen molar-refractivity contribution in [1.29, 1.82) is 0 Å². The average Bonchev–Trinajstić information content (AvgIpc) is 2.75. The van der Waals surface area contributed by atoms with Crippen LogP contribution in [0.3, 0.4) is 0 Å². The predicted octanol–water partition coefficient (Wildman–Crippen LogP) is 1.35. The molecule has 5 N–H and O–H groups in total. The molecule has 0 aliphatic rings. The number of nitrogens with two attached hydrogens (primary N) is 1. The zero-order valence-corrected chi connectivity index (χ0v) is 15.9. The first-order chi connectivity index (χ1) is 14.3. The molecule has 0 saturated heterocycles. The van der Waals surface area contributed by atoms with Gasteiger partial charge in [-0.3, -0.25) is 14.4 Å². The number of rotatable bonds is 10. The Labute approximate surface area is 172 Å². The highest BCUT2D eigenvalue weighted by atomic mass is 16.6. The first kappa shape index (κ1) is 22.6. The molecule has 0 saturated carbocycles. The molecule has 1 amide bonds. The van der Waals surface area contributed by atoms with Crippen molar-refractivity contribution in [1.82, 2.24) is 5.32 Å². The number of carboxylic acids is 2. The molecule has 0 heterocycles. The van der Waals surface area contributed by atoms with Crippen LogP contribution < -0.4 is 11.1 Å². The topological polar surface area (TPSA) is 156 Å². The minimum Gasteiger partial charge on any atom is -0.480 e. The maximum Gasteiger partial charge on any atom is 0.347 e. The SMILES string of the molecule is NC(CCC(=O)O[C@@H](C(=O)O)[C@@H](NC(=O)c1ccccc1)c1ccccc1)C(=O)O. The van der Waals surface area contributed by atoms with Gasteiger partial charge in [0.05, 0.1) is 0 Å². The molecule has 9 nitrogen and oxygen atoms in total. The molecule has 0 spiro atoms. The van der Waals surface area contributed by atoms with Gasteiger partial charge in [0.25, 0.3) is 5.91 Å². The Balaban J connectivity index is 2.22. The van der Waals surface area contributed by atoms with Crippen molar-refractivity contribution in [2.24, 2.45) is 5.73 Å². The van der Waals surface area contributed by atoms with Gasteiger partial charge in [-0.15, -0.1) is 0 Å². The van der Waals surface area contributed by atoms with Crippen molar-refractivity contribution in [3.8, 4) is 0 Å². The second-order valence-electron chi connectivity index (χ2n) is 6.46. The summed E-state index contributed by atoms with van der Waals surface area (Å²) >= 11 is 0. The lowest BCUT2D eigenvalue weighted by Crippen LogP contribution is -2.43. The molecule has 9 heteroatoms. The third-order valence-electron chi connectivity index (χ3n) is 4.26. The van der Waals surface area contributed by atoms with Gasteiger partial charge in [0.15, 0.2) is 0 Å². The minimum absolute atomic E-state index is 0.215. The number of carboxylic acid groups (broad SMARTS) is 2. The van der Waals surface area contributed by atoms with Crippen LogP contribution in [-0.2, 0) is 19.1 Å². The van der Waals surface area contributed by atoms with Crippen LogP contribution in [0, 0.1) is 0 Å². The van der Waals surface area contributed by atoms with E-state index in [2.05, 4.69) is 5.32 Å². The minimum atomic E-state index is -1.73. The molecule has 0 aliphatic carbocycles. The van der Waals surface area contributed by atoms with Gasteiger partial charge in [-0.25, -0.2) is 4.79 Å². The zero-order valence-electron chi connectivity index (χ0n) is 15.9. The second-order valence-corrected chi connectivity index (χ2v) is 6.46. The summed E-state index contributed by atoms with van der Waals surface area (Å²) in [6.07, 6.45) is -2.33. The summed E-state index contributed by atoms with van der Waals surface area (Å²) in [6, 6.07) is 14.0. The van der Waals surface area contributed by atoms with Crippen LogP contribution in [-0.4, -0.2) is 46.2 Å². The van der Waals surface area contributed by atoms with Gasteiger partial charge in [0, 0.05) is 12.0 Å². The van der Waals surface area contributed by atoms with Gasteiger partial charge >= 0.3 is 17.9 Å². The largest absolute Gasteiger partial charge is 0.480 e. The number of aliphatic carboxylic acids is 2. The maximum absolute atomic E-state index is 12.6. The van der Waals surface area contributed by atoms with E-state index in [0.29, 0.717) is 11.1 Å². The smallest absolute Gasteiger partial charge is 0.347 e. The summed E-state index contributed by atoms with van der Waals surface area (Å²) in [4.78, 5) is 47.4. The summed E-state index contributed by atoms with van der Waals surface area (Å²) in [7, 11) is 0. The molecule has 0 aromatic heterocycles. The summed E-state index contributed by atoms with van der Waals surface area (Å²) in [5.74, 6) is -4.23. The zero-order chi connectivity index (χ0) is 22.1. The summed E-state index contributed by atoms with van der Waals surface area (Å²) in [6.45, 7) is 0. The van der Waals surface area contributed by atoms with Crippen LogP contribution in [0.25, 0.3) is 0 Å². The van der Waals surface area contributed by atoms with E-state index in [9.17, 15) is 24.3 Å². The van der Waals surface area contributed by atoms with Gasteiger partial charge < -0.3 is 26.0 Å². The number of ether oxygens (including phenoxy) is 1. The third kappa shape index (κ3) is 6.42. The van der Waals surface area contributed by atoms with Crippen LogP contribution in [0.15, 0.2) is 60.7 Å². The number of benzene rings is 2. The van der Waals surface area contributed by atoms with E-state index in [1.807, 2.05) is 0 Å². The Bertz CT molecular complexity index is 887. The molecule has 0 fully saturated rings. The molecule has 0 bridgehead atoms. The fraction of sp³-hybridized carbons (Fsp3) is 0.238. The monoisotopic (exact) mass is 414 g/mol. The first-order valence-electron chi connectivity index (χ1n) is 9.11. The van der Waals surface area contributed by atoms with Crippen LogP contribution in [0.2, 0.25) is 0 Å². The predicted molar refractivity (Wildman–Crippen MR) is 105 cm³/mol. The fourth-order valence-corrected chi connectivity index (χ4v) is 2.67. The molecule has 1 unspecified atom stereocenters. The van der Waals surface area contributed by atoms with Crippen LogP contribution in [0.5, 0.6) is 0 Å². The molecule has 158 valence electrons. The number of hydrogen-bond acceptors (Lipinski definition) is 6. The first-order valence-corrected chi connectivity index (χ1v) is 9.11. The Hall–Kier alpha value is -3.72. The molecule has 0 aliphatic heterocycles. The standard InChI is InChI=1S/C21H22N2O7/c22-15(20(26)27)11-12-16(24)30-18(21(28)29)17(13-7-3-1-4-8-13)23-19(25)14-9-5-2-6-10-14/h1-10,15,17-18H,11-12,22H2,(H,23,25)(H,26,27)(H,28,29)/t15?,17-,18+/m0/s1. The summed E-state index contributed by atoms with van der Waals surface area (Å²) in [5, 5.41) is 21.0. The summed E-state index contributed by atoms with van der Waals surface area (Å²) < 4.78 is 5.09. The molecule has 2 rings (SSSR count). The van der Waals surface area contributed by atoms with Gasteiger partial charge in [0.2, 0.25) is 6.10 Å². The molecule has 2 aromatic carbocycles. The average molecular weight is 414 g/mol. The normalized spacial score (nSPS) is 13.5. The van der Waals surface area contributed by atoms with Crippen LogP contribution in [0.1, 0.15) is 34.8 Å². The number of carbonyl (C=O) groups is 4. The van der Waals surface area contributed by atoms with E-state index >= 15 is 0 Å². The van der Waals surface area contributed by atoms with Crippen molar-refractivity contribution in [3.05, 3.63) is 71.8 Å². The molecular formula is C21H22N2O7. The maximum atomic E-state index is 12.6. The fourth-order valence-electron chi connectivity index (χ4n) is 2.67. The van der Waals surface area contributed by atoms with Crippen LogP contribution in [0.4, 0.5) is 0 Å². The Morgan fingerprint density at radius 2 is 1.47 bits per heavy atom. The van der Waals surface area contributed by atoms with Gasteiger partial charge in [-0.2, -0.15) is 0 Å². The van der Waals surface area contributed by atoms with Gasteiger partial charge in [-0.1, -0.05) is 48.5 Å². The van der Waals surface area contributed by atoms with Crippen molar-refractivity contribution in [3.63, 3.8) is 0 Å². The van der Waals surface area contributed by atoms with Crippen molar-refractivity contribution in [2.45, 2.75) is 31.0 Å². The van der Waals surface area contributed by atoms with Crippen LogP contribution >= 0.6 is 0 Å². The van der Waals surface area contributed by atoms with E-state index in [4.69, 9.17) is 15.6 Å². The highest BCUT2D eigenvalue weighted by molar-refractivity contribution is 5.95. The van der Waals surface area contributed by atoms with E-state index in [1.165, 1.54) is 0 Å². The summed E-state index contributed by atoms with van der Waals surface area (Å²) in [5.41, 5.74) is 6.08. The van der Waals surface area contributed by atoms with Crippen molar-refractivity contribution >= 4 is 23.8 Å². The number of amides is 1. The van der Waals surface area contributed by atoms with Crippen molar-refractivity contribution < 1.29 is 34.1 Å². The van der Waals surface area contributed by atoms with E-state index in [1.54, 1.807) is 60.7 Å². The highest BCUT2D eigenvalue weighted by Gasteiger charge is 2.34. The Kier molecular flexibility index (Phi) is 8.07. The number of carbonyl (C=O) groups excluding carboxylic acids is 2. The third-order valence-corrected chi connectivity index (χ3v) is 4.26. The number of nitrogens with one attached hydrogen (secondary N) is 1. The highest BCUT2D eigenvalue weighted by Crippen LogP contribution is 2.21. The number of hydrogen-bond donors (Lipinski definition) is 4. The van der Waals surface area contributed by atoms with Gasteiger partial charge in [-0.05, 0) is 24.1 Å². The Morgan fingerprint density at radius 1 is 0.900 bits per heavy atom. The lowest BCUT2D eigenvalue weighted by molar-refractivity contribution is -0.166. The van der Waals surface area contributed by atoms with E-state index in [0.717, 1.165) is 0 Å². The molecule has 3 atom stereocenters. The lowest BCUT2D eigenvalue weighted by atomic mass is 10.0. The number of esters is 1. The quantitative estimate of drug-likeness (QED) is 0.424. The van der Waals surface area contributed by atoms with Gasteiger partial charge in [0.1, 0.15) is 12.1 Å². The molecule has 30 heavy (non-hydrogen) atoms. The Morgan fingerprint density at radius 3 is 2.00 bits per heavy atom. The van der Waals surface area contributed by atoms with E-state index < -0.39 is 42.0 Å². The molecule has 2 aromatic rings. The molecular weight excluding hydrogens is 392 g/mol. The van der Waals surface area contributed by atoms with E-state index in [-0.39, 0.29) is 12.8 Å². The second kappa shape index (κ2) is 10.7. The lowest BCUT2D eigenvalue weighted by Gasteiger charge is -2.25.